The van der Waals surface area contributed by atoms with Crippen LogP contribution < -0.4 is 0 Å². The largest absolute Gasteiger partial charge is 0.292 e. The summed E-state index contributed by atoms with van der Waals surface area (Å²) in [5.41, 5.74) is 0.559. The number of sulfonamides is 1. The summed E-state index contributed by atoms with van der Waals surface area (Å²) in [5.74, 6) is -0.252. The number of benzene rings is 1. The van der Waals surface area contributed by atoms with E-state index in [0.717, 1.165) is 5.56 Å². The molecule has 0 fully saturated rings. The van der Waals surface area contributed by atoms with Gasteiger partial charge in [0.15, 0.2) is 0 Å². The highest BCUT2D eigenvalue weighted by molar-refractivity contribution is 7.88. The molecule has 0 aliphatic heterocycles. The Labute approximate surface area is 165 Å². The van der Waals surface area contributed by atoms with E-state index < -0.39 is 15.6 Å². The van der Waals surface area contributed by atoms with E-state index in [1.165, 1.54) is 18.4 Å². The van der Waals surface area contributed by atoms with E-state index in [1.807, 2.05) is 20.8 Å². The first kappa shape index (κ1) is 24.1. The molecule has 0 amide bonds. The zero-order valence-corrected chi connectivity index (χ0v) is 19.2. The second-order valence-electron chi connectivity index (χ2n) is 9.51. The van der Waals surface area contributed by atoms with E-state index in [4.69, 9.17) is 0 Å². The van der Waals surface area contributed by atoms with Crippen LogP contribution in [0.5, 0.6) is 0 Å². The molecule has 0 radical (unpaired) electrons. The molecule has 1 rings (SSSR count). The lowest BCUT2D eigenvalue weighted by atomic mass is 9.85. The van der Waals surface area contributed by atoms with Crippen molar-refractivity contribution in [2.75, 3.05) is 19.3 Å². The van der Waals surface area contributed by atoms with Crippen molar-refractivity contribution in [3.63, 3.8) is 0 Å². The number of hydrogen-bond acceptors (Lipinski definition) is 3. The minimum Gasteiger partial charge on any atom is -0.292 e. The van der Waals surface area contributed by atoms with E-state index in [-0.39, 0.29) is 23.3 Å². The minimum absolute atomic E-state index is 0.0198. The third-order valence-corrected chi connectivity index (χ3v) is 6.84. The zero-order chi connectivity index (χ0) is 21.2. The smallest absolute Gasteiger partial charge is 0.211 e. The molecule has 0 heterocycles. The highest BCUT2D eigenvalue weighted by Crippen LogP contribution is 2.31. The molecule has 0 aliphatic carbocycles. The first-order valence-electron chi connectivity index (χ1n) is 9.54. The Bertz CT molecular complexity index is 703. The van der Waals surface area contributed by atoms with Crippen molar-refractivity contribution in [1.82, 2.24) is 9.21 Å². The average Bonchev–Trinajstić information content (AvgIpc) is 2.47. The summed E-state index contributed by atoms with van der Waals surface area (Å²) in [5, 5.41) is 0. The first-order chi connectivity index (χ1) is 12.0. The van der Waals surface area contributed by atoms with Gasteiger partial charge in [-0.1, -0.05) is 32.9 Å². The fraction of sp³-hybridized carbons (Fsp3) is 0.714. The Kier molecular flexibility index (Phi) is 7.64. The maximum absolute atomic E-state index is 13.3. The van der Waals surface area contributed by atoms with Gasteiger partial charge in [-0.2, -0.15) is 4.31 Å². The summed E-state index contributed by atoms with van der Waals surface area (Å²) in [6, 6.07) is 6.81. The van der Waals surface area contributed by atoms with Crippen LogP contribution in [0.25, 0.3) is 0 Å². The molecule has 0 aromatic heterocycles. The molecular weight excluding hydrogens is 363 g/mol. The molecule has 27 heavy (non-hydrogen) atoms. The van der Waals surface area contributed by atoms with E-state index in [0.29, 0.717) is 13.1 Å². The van der Waals surface area contributed by atoms with Crippen molar-refractivity contribution < 1.29 is 12.8 Å². The van der Waals surface area contributed by atoms with Gasteiger partial charge in [0.05, 0.1) is 6.26 Å². The van der Waals surface area contributed by atoms with Gasteiger partial charge in [0, 0.05) is 30.7 Å². The van der Waals surface area contributed by atoms with Gasteiger partial charge in [-0.25, -0.2) is 12.8 Å². The lowest BCUT2D eigenvalue weighted by Gasteiger charge is -2.43. The second kappa shape index (κ2) is 8.58. The van der Waals surface area contributed by atoms with Crippen LogP contribution in [-0.2, 0) is 10.0 Å². The van der Waals surface area contributed by atoms with Gasteiger partial charge < -0.3 is 0 Å². The Morgan fingerprint density at radius 2 is 1.44 bits per heavy atom. The van der Waals surface area contributed by atoms with Gasteiger partial charge in [-0.15, -0.1) is 0 Å². The Morgan fingerprint density at radius 1 is 0.963 bits per heavy atom. The predicted octanol–water partition coefficient (Wildman–Crippen LogP) is 4.68. The third kappa shape index (κ3) is 6.84. The van der Waals surface area contributed by atoms with Gasteiger partial charge in [-0.05, 0) is 57.7 Å². The van der Waals surface area contributed by atoms with Crippen LogP contribution in [-0.4, -0.2) is 48.5 Å². The summed E-state index contributed by atoms with van der Waals surface area (Å²) in [4.78, 5) is 2.32. The molecule has 1 aromatic carbocycles. The van der Waals surface area contributed by atoms with E-state index in [2.05, 4.69) is 39.5 Å². The van der Waals surface area contributed by atoms with Crippen molar-refractivity contribution in [2.45, 2.75) is 73.0 Å². The topological polar surface area (TPSA) is 40.6 Å². The molecule has 4 nitrogen and oxygen atoms in total. The second-order valence-corrected chi connectivity index (χ2v) is 11.4. The van der Waals surface area contributed by atoms with Gasteiger partial charge in [-0.3, -0.25) is 4.90 Å². The molecule has 1 aromatic rings. The van der Waals surface area contributed by atoms with Crippen LogP contribution in [0.2, 0.25) is 0 Å². The molecule has 0 saturated carbocycles. The molecule has 0 aliphatic rings. The maximum Gasteiger partial charge on any atom is 0.211 e. The van der Waals surface area contributed by atoms with Crippen LogP contribution in [0.3, 0.4) is 0 Å². The standard InChI is InChI=1S/C21H37FN2O2S/c1-16(18-10-12-19(22)13-11-18)23(17(2)20(3,4)5)14-15-24(21(6,7)8)27(9,25)26/h10-13,16-17H,14-15H2,1-9H3/t16-,17?/m0/s1. The lowest BCUT2D eigenvalue weighted by Crippen LogP contribution is -2.51. The lowest BCUT2D eigenvalue weighted by molar-refractivity contribution is 0.0653. The highest BCUT2D eigenvalue weighted by atomic mass is 32.2. The van der Waals surface area contributed by atoms with E-state index in [9.17, 15) is 12.8 Å². The zero-order valence-electron chi connectivity index (χ0n) is 18.4. The first-order valence-corrected chi connectivity index (χ1v) is 11.4. The van der Waals surface area contributed by atoms with Gasteiger partial charge in [0.25, 0.3) is 0 Å². The molecule has 1 unspecified atom stereocenters. The summed E-state index contributed by atoms with van der Waals surface area (Å²) < 4.78 is 39.5. The van der Waals surface area contributed by atoms with E-state index in [1.54, 1.807) is 16.4 Å². The number of rotatable bonds is 7. The SMILES string of the molecule is CC(N(CCN(C(C)(C)C)S(C)(=O)=O)[C@@H](C)c1ccc(F)cc1)C(C)(C)C. The molecule has 0 saturated heterocycles. The molecule has 0 N–H and O–H groups in total. The monoisotopic (exact) mass is 400 g/mol. The minimum atomic E-state index is -3.32. The molecule has 0 spiro atoms. The quantitative estimate of drug-likeness (QED) is 0.667. The average molecular weight is 401 g/mol. The van der Waals surface area contributed by atoms with Crippen molar-refractivity contribution in [3.05, 3.63) is 35.6 Å². The fourth-order valence-corrected chi connectivity index (χ4v) is 4.77. The summed E-state index contributed by atoms with van der Waals surface area (Å²) >= 11 is 0. The molecule has 156 valence electrons. The maximum atomic E-state index is 13.3. The molecule has 6 heteroatoms. The van der Waals surface area contributed by atoms with Crippen molar-refractivity contribution in [3.8, 4) is 0 Å². The summed E-state index contributed by atoms with van der Waals surface area (Å²) in [7, 11) is -3.32. The molecule has 0 bridgehead atoms. The van der Waals surface area contributed by atoms with Crippen LogP contribution in [0.4, 0.5) is 4.39 Å². The third-order valence-electron chi connectivity index (χ3n) is 5.31. The van der Waals surface area contributed by atoms with Gasteiger partial charge in [0.2, 0.25) is 10.0 Å². The van der Waals surface area contributed by atoms with Gasteiger partial charge in [0.1, 0.15) is 5.82 Å². The van der Waals surface area contributed by atoms with Crippen LogP contribution >= 0.6 is 0 Å². The predicted molar refractivity (Wildman–Crippen MR) is 112 cm³/mol. The van der Waals surface area contributed by atoms with Gasteiger partial charge >= 0.3 is 0 Å². The van der Waals surface area contributed by atoms with Crippen molar-refractivity contribution in [1.29, 1.82) is 0 Å². The highest BCUT2D eigenvalue weighted by Gasteiger charge is 2.34. The fourth-order valence-electron chi connectivity index (χ4n) is 3.36. The molecular formula is C21H37FN2O2S. The molecule has 2 atom stereocenters. The Hall–Kier alpha value is -0.980. The van der Waals surface area contributed by atoms with E-state index >= 15 is 0 Å². The summed E-state index contributed by atoms with van der Waals surface area (Å²) in [6.07, 6.45) is 1.26. The summed E-state index contributed by atoms with van der Waals surface area (Å²) in [6.45, 7) is 17.5. The Balaban J connectivity index is 3.17. The number of hydrogen-bond donors (Lipinski definition) is 0. The van der Waals surface area contributed by atoms with Crippen molar-refractivity contribution in [2.24, 2.45) is 5.41 Å². The Morgan fingerprint density at radius 3 is 1.81 bits per heavy atom. The normalized spacial score (nSPS) is 16.0. The van der Waals surface area contributed by atoms with Crippen LogP contribution in [0.15, 0.2) is 24.3 Å². The number of halogens is 1. The van der Waals surface area contributed by atoms with Crippen molar-refractivity contribution >= 4 is 10.0 Å². The van der Waals surface area contributed by atoms with Crippen LogP contribution in [0, 0.1) is 11.2 Å². The number of nitrogens with zero attached hydrogens (tertiary/aromatic N) is 2. The van der Waals surface area contributed by atoms with Crippen LogP contribution in [0.1, 0.15) is 67.0 Å².